The lowest BCUT2D eigenvalue weighted by Crippen LogP contribution is -2.20. The summed E-state index contributed by atoms with van der Waals surface area (Å²) in [5.41, 5.74) is 4.98. The van der Waals surface area contributed by atoms with Crippen LogP contribution in [0.2, 0.25) is 5.02 Å². The number of aryl methyl sites for hydroxylation is 1. The van der Waals surface area contributed by atoms with E-state index in [1.807, 2.05) is 5.38 Å². The van der Waals surface area contributed by atoms with Crippen molar-refractivity contribution in [1.82, 2.24) is 14.8 Å². The number of carbonyl (C=O) groups excluding carboxylic acids is 2. The summed E-state index contributed by atoms with van der Waals surface area (Å²) in [6.07, 6.45) is 3.32. The largest absolute Gasteiger partial charge is 0.484 e. The van der Waals surface area contributed by atoms with Crippen molar-refractivity contribution in [2.45, 2.75) is 6.92 Å². The fraction of sp³-hybridized carbons (Fsp3) is 0.0909. The number of imidazole rings is 1. The standard InChI is InChI=1S/C22H18ClN5O3S/c1-14-20(28-9-10-32-22(28)25-14)21(30)27-24-12-15-5-7-18(8-6-15)31-13-19(29)26-17-4-2-3-16(23)11-17/h2-12H,13H2,1H3,(H,26,29)(H,27,30)/b24-12-. The molecule has 10 heteroatoms. The fourth-order valence-corrected chi connectivity index (χ4v) is 3.90. The Morgan fingerprint density at radius 1 is 1.25 bits per heavy atom. The number of nitrogens with one attached hydrogen (secondary N) is 2. The number of nitrogens with zero attached hydrogens (tertiary/aromatic N) is 3. The Bertz CT molecular complexity index is 1300. The number of ether oxygens (including phenoxy) is 1. The average Bonchev–Trinajstić information content (AvgIpc) is 3.33. The van der Waals surface area contributed by atoms with E-state index in [2.05, 4.69) is 20.8 Å². The highest BCUT2D eigenvalue weighted by atomic mass is 35.5. The molecule has 32 heavy (non-hydrogen) atoms. The van der Waals surface area contributed by atoms with E-state index in [4.69, 9.17) is 16.3 Å². The number of thiazole rings is 1. The second-order valence-corrected chi connectivity index (χ2v) is 8.03. The van der Waals surface area contributed by atoms with Crippen molar-refractivity contribution in [2.75, 3.05) is 11.9 Å². The molecule has 2 N–H and O–H groups in total. The SMILES string of the molecule is Cc1nc2sccn2c1C(=O)N/N=C\c1ccc(OCC(=O)Nc2cccc(Cl)c2)cc1. The summed E-state index contributed by atoms with van der Waals surface area (Å²) in [5.74, 6) is -0.104. The minimum atomic E-state index is -0.338. The van der Waals surface area contributed by atoms with Crippen molar-refractivity contribution in [2.24, 2.45) is 5.10 Å². The minimum absolute atomic E-state index is 0.141. The van der Waals surface area contributed by atoms with Gasteiger partial charge in [0, 0.05) is 22.3 Å². The highest BCUT2D eigenvalue weighted by Crippen LogP contribution is 2.17. The molecule has 4 aromatic rings. The van der Waals surface area contributed by atoms with E-state index < -0.39 is 0 Å². The molecular formula is C22H18ClN5O3S. The maximum atomic E-state index is 12.4. The number of benzene rings is 2. The van der Waals surface area contributed by atoms with Crippen molar-refractivity contribution in [3.63, 3.8) is 0 Å². The number of carbonyl (C=O) groups is 2. The first-order valence-corrected chi connectivity index (χ1v) is 10.8. The molecule has 0 atom stereocenters. The molecule has 0 aliphatic rings. The van der Waals surface area contributed by atoms with Crippen LogP contribution < -0.4 is 15.5 Å². The Morgan fingerprint density at radius 2 is 2.06 bits per heavy atom. The summed E-state index contributed by atoms with van der Waals surface area (Å²) >= 11 is 7.36. The summed E-state index contributed by atoms with van der Waals surface area (Å²) in [5, 5.41) is 9.13. The van der Waals surface area contributed by atoms with E-state index in [0.29, 0.717) is 27.8 Å². The molecule has 0 bridgehead atoms. The Morgan fingerprint density at radius 3 is 2.84 bits per heavy atom. The van der Waals surface area contributed by atoms with Crippen LogP contribution in [0.15, 0.2) is 65.2 Å². The number of rotatable bonds is 7. The molecule has 0 saturated carbocycles. The molecule has 0 radical (unpaired) electrons. The van der Waals surface area contributed by atoms with E-state index in [-0.39, 0.29) is 18.4 Å². The van der Waals surface area contributed by atoms with Crippen LogP contribution in [-0.4, -0.2) is 34.0 Å². The molecule has 0 aliphatic heterocycles. The number of hydrazone groups is 1. The van der Waals surface area contributed by atoms with E-state index in [9.17, 15) is 9.59 Å². The monoisotopic (exact) mass is 467 g/mol. The topological polar surface area (TPSA) is 97.1 Å². The maximum Gasteiger partial charge on any atom is 0.290 e. The third-order valence-electron chi connectivity index (χ3n) is 4.39. The maximum absolute atomic E-state index is 12.4. The lowest BCUT2D eigenvalue weighted by atomic mass is 10.2. The van der Waals surface area contributed by atoms with Gasteiger partial charge in [-0.2, -0.15) is 5.10 Å². The number of amides is 2. The number of aromatic nitrogens is 2. The van der Waals surface area contributed by atoms with Crippen LogP contribution in [0.25, 0.3) is 4.96 Å². The van der Waals surface area contributed by atoms with Crippen molar-refractivity contribution in [1.29, 1.82) is 0 Å². The van der Waals surface area contributed by atoms with Gasteiger partial charge in [0.25, 0.3) is 11.8 Å². The first-order chi connectivity index (χ1) is 15.5. The molecule has 0 spiro atoms. The normalized spacial score (nSPS) is 11.1. The lowest BCUT2D eigenvalue weighted by molar-refractivity contribution is -0.118. The van der Waals surface area contributed by atoms with Gasteiger partial charge in [-0.3, -0.25) is 14.0 Å². The van der Waals surface area contributed by atoms with Crippen molar-refractivity contribution in [3.8, 4) is 5.75 Å². The zero-order chi connectivity index (χ0) is 22.5. The predicted octanol–water partition coefficient (Wildman–Crippen LogP) is 4.14. The van der Waals surface area contributed by atoms with E-state index in [0.717, 1.165) is 10.5 Å². The molecule has 2 amide bonds. The Balaban J connectivity index is 1.28. The van der Waals surface area contributed by atoms with Crippen LogP contribution in [-0.2, 0) is 4.79 Å². The van der Waals surface area contributed by atoms with Crippen molar-refractivity contribution >= 4 is 51.6 Å². The summed E-state index contributed by atoms with van der Waals surface area (Å²) < 4.78 is 7.23. The van der Waals surface area contributed by atoms with Crippen molar-refractivity contribution < 1.29 is 14.3 Å². The van der Waals surface area contributed by atoms with E-state index in [1.165, 1.54) is 17.6 Å². The van der Waals surface area contributed by atoms with Crippen molar-refractivity contribution in [3.05, 3.63) is 82.1 Å². The van der Waals surface area contributed by atoms with Gasteiger partial charge in [-0.1, -0.05) is 17.7 Å². The van der Waals surface area contributed by atoms with Gasteiger partial charge in [-0.05, 0) is 55.0 Å². The van der Waals surface area contributed by atoms with Crippen LogP contribution in [0.5, 0.6) is 5.75 Å². The van der Waals surface area contributed by atoms with Gasteiger partial charge in [-0.25, -0.2) is 10.4 Å². The first kappa shape index (κ1) is 21.5. The highest BCUT2D eigenvalue weighted by Gasteiger charge is 2.16. The molecule has 2 heterocycles. The second kappa shape index (κ2) is 9.63. The summed E-state index contributed by atoms with van der Waals surface area (Å²) in [4.78, 5) is 29.5. The molecule has 2 aromatic carbocycles. The fourth-order valence-electron chi connectivity index (χ4n) is 2.95. The average molecular weight is 468 g/mol. The van der Waals surface area contributed by atoms with E-state index in [1.54, 1.807) is 66.1 Å². The molecule has 0 saturated heterocycles. The number of fused-ring (bicyclic) bond motifs is 1. The van der Waals surface area contributed by atoms with Gasteiger partial charge in [0.2, 0.25) is 0 Å². The first-order valence-electron chi connectivity index (χ1n) is 9.53. The van der Waals surface area contributed by atoms with Gasteiger partial charge in [-0.15, -0.1) is 11.3 Å². The highest BCUT2D eigenvalue weighted by molar-refractivity contribution is 7.15. The van der Waals surface area contributed by atoms with Crippen LogP contribution >= 0.6 is 22.9 Å². The van der Waals surface area contributed by atoms with Crippen LogP contribution in [0.4, 0.5) is 5.69 Å². The molecule has 8 nitrogen and oxygen atoms in total. The van der Waals surface area contributed by atoms with Gasteiger partial charge in [0.15, 0.2) is 11.6 Å². The van der Waals surface area contributed by atoms with Gasteiger partial charge < -0.3 is 10.1 Å². The van der Waals surface area contributed by atoms with Crippen LogP contribution in [0, 0.1) is 6.92 Å². The smallest absolute Gasteiger partial charge is 0.290 e. The number of anilines is 1. The number of hydrogen-bond acceptors (Lipinski definition) is 6. The Labute approximate surface area is 192 Å². The zero-order valence-electron chi connectivity index (χ0n) is 16.9. The molecular weight excluding hydrogens is 450 g/mol. The third kappa shape index (κ3) is 5.13. The molecule has 0 unspecified atom stereocenters. The lowest BCUT2D eigenvalue weighted by Gasteiger charge is -2.08. The van der Waals surface area contributed by atoms with E-state index >= 15 is 0 Å². The van der Waals surface area contributed by atoms with Crippen LogP contribution in [0.1, 0.15) is 21.7 Å². The minimum Gasteiger partial charge on any atom is -0.484 e. The second-order valence-electron chi connectivity index (χ2n) is 6.72. The summed E-state index contributed by atoms with van der Waals surface area (Å²) in [6.45, 7) is 1.64. The Hall–Kier alpha value is -3.69. The summed E-state index contributed by atoms with van der Waals surface area (Å²) in [6, 6.07) is 13.8. The molecule has 162 valence electrons. The molecule has 4 rings (SSSR count). The molecule has 0 aliphatic carbocycles. The van der Waals surface area contributed by atoms with Gasteiger partial charge >= 0.3 is 0 Å². The molecule has 2 aromatic heterocycles. The summed E-state index contributed by atoms with van der Waals surface area (Å²) in [7, 11) is 0. The number of halogens is 1. The van der Waals surface area contributed by atoms with Crippen LogP contribution in [0.3, 0.4) is 0 Å². The van der Waals surface area contributed by atoms with Gasteiger partial charge in [0.05, 0.1) is 11.9 Å². The van der Waals surface area contributed by atoms with Gasteiger partial charge in [0.1, 0.15) is 11.4 Å². The quantitative estimate of drug-likeness (QED) is 0.315. The Kier molecular flexibility index (Phi) is 6.48. The third-order valence-corrected chi connectivity index (χ3v) is 5.38. The zero-order valence-corrected chi connectivity index (χ0v) is 18.5. The predicted molar refractivity (Wildman–Crippen MR) is 125 cm³/mol. The number of hydrogen-bond donors (Lipinski definition) is 2. The molecule has 0 fully saturated rings.